The average Bonchev–Trinajstić information content (AvgIpc) is 3.92. The number of ether oxygens (including phenoxy) is 5. The number of likely N-dealkylation sites (tertiary alicyclic amines) is 2. The van der Waals surface area contributed by atoms with Crippen LogP contribution in [0.1, 0.15) is 78.3 Å². The number of benzene rings is 4. The lowest BCUT2D eigenvalue weighted by Gasteiger charge is -2.27. The van der Waals surface area contributed by atoms with E-state index in [9.17, 15) is 28.8 Å². The van der Waals surface area contributed by atoms with Crippen LogP contribution in [0.2, 0.25) is 0 Å². The minimum atomic E-state index is -0.830. The van der Waals surface area contributed by atoms with Gasteiger partial charge in [0.15, 0.2) is 24.8 Å². The number of fused-ring (bicyclic) bond motifs is 1. The van der Waals surface area contributed by atoms with E-state index in [4.69, 9.17) is 23.7 Å². The summed E-state index contributed by atoms with van der Waals surface area (Å²) in [5, 5.41) is 1.45. The van der Waals surface area contributed by atoms with Gasteiger partial charge in [0.25, 0.3) is 0 Å². The molecule has 4 aromatic rings. The first-order valence-electron chi connectivity index (χ1n) is 19.1. The zero-order valence-corrected chi connectivity index (χ0v) is 34.2. The van der Waals surface area contributed by atoms with E-state index in [0.717, 1.165) is 16.3 Å². The molecule has 58 heavy (non-hydrogen) atoms. The van der Waals surface area contributed by atoms with Crippen LogP contribution in [0.15, 0.2) is 89.4 Å². The van der Waals surface area contributed by atoms with E-state index < -0.39 is 66.6 Å². The Labute approximate surface area is 344 Å². The number of Topliss-reactive ketones (excluding diaryl/α,β-unsaturated/α-hetero) is 2. The first kappa shape index (κ1) is 41.9. The van der Waals surface area contributed by atoms with Gasteiger partial charge in [0.05, 0.1) is 0 Å². The second-order valence-corrected chi connectivity index (χ2v) is 15.9. The number of rotatable bonds is 13. The molecule has 14 heteroatoms. The number of ketones is 2. The molecule has 2 aliphatic heterocycles. The van der Waals surface area contributed by atoms with Gasteiger partial charge in [-0.3, -0.25) is 19.4 Å². The van der Waals surface area contributed by atoms with Crippen LogP contribution < -0.4 is 4.74 Å². The Morgan fingerprint density at radius 3 is 1.91 bits per heavy atom. The third kappa shape index (κ3) is 10.6. The minimum absolute atomic E-state index is 0.0815. The summed E-state index contributed by atoms with van der Waals surface area (Å²) in [6, 6.07) is 23.1. The van der Waals surface area contributed by atoms with Crippen LogP contribution in [0, 0.1) is 0 Å². The maximum Gasteiger partial charge on any atom is 0.411 e. The van der Waals surface area contributed by atoms with Crippen LogP contribution in [0.4, 0.5) is 9.59 Å². The van der Waals surface area contributed by atoms with E-state index >= 15 is 0 Å². The largest absolute Gasteiger partial charge is 0.488 e. The zero-order chi connectivity index (χ0) is 41.4. The SMILES string of the molecule is CC(C)(C)OC(=O)N1CCC[C@H]1C(=O)OCC(=O)c1ccc(Br)c(COc2cccc3cc(C(=O)COC(=O)[C@@H]4CCCN4C(=O)OCc4ccccc4)ccc23)c1. The molecule has 2 saturated heterocycles. The number of amides is 2. The van der Waals surface area contributed by atoms with Gasteiger partial charge >= 0.3 is 24.1 Å². The van der Waals surface area contributed by atoms with Crippen LogP contribution in [-0.4, -0.2) is 89.5 Å². The molecule has 0 saturated carbocycles. The van der Waals surface area contributed by atoms with Gasteiger partial charge in [-0.15, -0.1) is 0 Å². The fraction of sp³-hybridized carbons (Fsp3) is 0.364. The van der Waals surface area contributed by atoms with Crippen molar-refractivity contribution >= 4 is 62.4 Å². The van der Waals surface area contributed by atoms with Crippen LogP contribution >= 0.6 is 15.9 Å². The van der Waals surface area contributed by atoms with E-state index in [2.05, 4.69) is 15.9 Å². The van der Waals surface area contributed by atoms with E-state index in [-0.39, 0.29) is 13.2 Å². The summed E-state index contributed by atoms with van der Waals surface area (Å²) < 4.78 is 28.5. The summed E-state index contributed by atoms with van der Waals surface area (Å²) >= 11 is 3.52. The van der Waals surface area contributed by atoms with Gasteiger partial charge in [0.2, 0.25) is 0 Å². The molecular formula is C44H45BrN2O11. The first-order chi connectivity index (χ1) is 27.8. The van der Waals surface area contributed by atoms with Gasteiger partial charge in [0.1, 0.15) is 36.6 Å². The zero-order valence-electron chi connectivity index (χ0n) is 32.6. The highest BCUT2D eigenvalue weighted by atomic mass is 79.9. The van der Waals surface area contributed by atoms with Crippen LogP contribution in [0.25, 0.3) is 10.8 Å². The van der Waals surface area contributed by atoms with Crippen molar-refractivity contribution < 1.29 is 52.5 Å². The van der Waals surface area contributed by atoms with Gasteiger partial charge in [-0.05, 0) is 87.7 Å². The molecule has 13 nitrogen and oxygen atoms in total. The molecule has 2 amide bonds. The van der Waals surface area contributed by atoms with E-state index in [1.54, 1.807) is 69.3 Å². The molecule has 0 unspecified atom stereocenters. The third-order valence-corrected chi connectivity index (χ3v) is 10.5. The molecule has 0 N–H and O–H groups in total. The Bertz CT molecular complexity index is 2190. The number of nitrogens with zero attached hydrogens (tertiary/aromatic N) is 2. The number of carbonyl (C=O) groups excluding carboxylic acids is 6. The highest BCUT2D eigenvalue weighted by Gasteiger charge is 2.38. The lowest BCUT2D eigenvalue weighted by atomic mass is 10.0. The van der Waals surface area contributed by atoms with E-state index in [0.29, 0.717) is 65.7 Å². The van der Waals surface area contributed by atoms with Crippen molar-refractivity contribution in [2.45, 2.75) is 77.4 Å². The molecule has 2 aliphatic rings. The predicted molar refractivity (Wildman–Crippen MR) is 215 cm³/mol. The van der Waals surface area contributed by atoms with Crippen molar-refractivity contribution in [1.82, 2.24) is 9.80 Å². The van der Waals surface area contributed by atoms with Crippen molar-refractivity contribution in [1.29, 1.82) is 0 Å². The first-order valence-corrected chi connectivity index (χ1v) is 19.9. The highest BCUT2D eigenvalue weighted by molar-refractivity contribution is 9.10. The van der Waals surface area contributed by atoms with Crippen molar-refractivity contribution in [3.05, 3.63) is 112 Å². The molecule has 2 fully saturated rings. The second kappa shape index (κ2) is 18.7. The molecule has 0 aromatic heterocycles. The lowest BCUT2D eigenvalue weighted by molar-refractivity contribution is -0.148. The van der Waals surface area contributed by atoms with Crippen LogP contribution in [0.3, 0.4) is 0 Å². The summed E-state index contributed by atoms with van der Waals surface area (Å²) in [6.07, 6.45) is 0.862. The number of hydrogen-bond donors (Lipinski definition) is 0. The standard InChI is InChI=1S/C44H45BrN2O11/c1-44(2,3)58-43(53)47-21-9-14-36(47)41(51)56-27-38(49)31-17-19-34(45)32(23-31)25-54-39-15-7-12-29-22-30(16-18-33(29)39)37(48)26-55-40(50)35-13-8-20-46(35)42(52)57-24-28-10-5-4-6-11-28/h4-7,10-12,15-19,22-23,35-36H,8-9,13-14,20-21,24-27H2,1-3H3/t35-,36-/m0/s1. The van der Waals surface area contributed by atoms with Gasteiger partial charge in [0, 0.05) is 39.6 Å². The summed E-state index contributed by atoms with van der Waals surface area (Å²) in [5.74, 6) is -1.61. The van der Waals surface area contributed by atoms with E-state index in [1.807, 2.05) is 36.4 Å². The van der Waals surface area contributed by atoms with Gasteiger partial charge in [-0.1, -0.05) is 70.5 Å². The lowest BCUT2D eigenvalue weighted by Crippen LogP contribution is -2.44. The summed E-state index contributed by atoms with van der Waals surface area (Å²) in [5.41, 5.74) is 1.43. The Kier molecular flexibility index (Phi) is 13.5. The topological polar surface area (TPSA) is 155 Å². The maximum atomic E-state index is 13.1. The van der Waals surface area contributed by atoms with Gasteiger partial charge in [-0.2, -0.15) is 0 Å². The number of esters is 2. The van der Waals surface area contributed by atoms with Crippen molar-refractivity contribution in [3.8, 4) is 5.75 Å². The average molecular weight is 858 g/mol. The molecule has 6 rings (SSSR count). The molecule has 0 radical (unpaired) electrons. The summed E-state index contributed by atoms with van der Waals surface area (Å²) in [7, 11) is 0. The Balaban J connectivity index is 1.01. The number of carbonyl (C=O) groups is 6. The normalized spacial score (nSPS) is 16.5. The Morgan fingerprint density at radius 1 is 0.672 bits per heavy atom. The molecule has 4 aromatic carbocycles. The summed E-state index contributed by atoms with van der Waals surface area (Å²) in [6.45, 7) is 5.15. The van der Waals surface area contributed by atoms with Crippen molar-refractivity contribution in [3.63, 3.8) is 0 Å². The second-order valence-electron chi connectivity index (χ2n) is 15.1. The van der Waals surface area contributed by atoms with Gasteiger partial charge < -0.3 is 23.7 Å². The molecule has 0 bridgehead atoms. The third-order valence-electron chi connectivity index (χ3n) is 9.72. The molecule has 2 atom stereocenters. The molecular weight excluding hydrogens is 812 g/mol. The highest BCUT2D eigenvalue weighted by Crippen LogP contribution is 2.29. The molecule has 0 aliphatic carbocycles. The maximum absolute atomic E-state index is 13.1. The molecule has 0 spiro atoms. The van der Waals surface area contributed by atoms with Crippen molar-refractivity contribution in [2.24, 2.45) is 0 Å². The minimum Gasteiger partial charge on any atom is -0.488 e. The Morgan fingerprint density at radius 2 is 1.28 bits per heavy atom. The van der Waals surface area contributed by atoms with Crippen molar-refractivity contribution in [2.75, 3.05) is 26.3 Å². The molecule has 2 heterocycles. The monoisotopic (exact) mass is 856 g/mol. The quantitative estimate of drug-likeness (QED) is 0.0734. The number of hydrogen-bond acceptors (Lipinski definition) is 11. The Hall–Kier alpha value is -5.76. The van der Waals surface area contributed by atoms with Crippen LogP contribution in [-0.2, 0) is 41.8 Å². The fourth-order valence-corrected chi connectivity index (χ4v) is 7.14. The van der Waals surface area contributed by atoms with Crippen LogP contribution in [0.5, 0.6) is 5.75 Å². The molecule has 304 valence electrons. The predicted octanol–water partition coefficient (Wildman–Crippen LogP) is 7.83. The van der Waals surface area contributed by atoms with E-state index in [1.165, 1.54) is 9.80 Å². The van der Waals surface area contributed by atoms with Gasteiger partial charge in [-0.25, -0.2) is 19.2 Å². The fourth-order valence-electron chi connectivity index (χ4n) is 6.78. The summed E-state index contributed by atoms with van der Waals surface area (Å²) in [4.78, 5) is 80.2. The number of halogens is 1. The smallest absolute Gasteiger partial charge is 0.411 e.